The lowest BCUT2D eigenvalue weighted by Crippen LogP contribution is -2.34. The number of likely N-dealkylation sites (tertiary alicyclic amines) is 1. The third-order valence-corrected chi connectivity index (χ3v) is 7.55. The molecule has 1 fully saturated rings. The summed E-state index contributed by atoms with van der Waals surface area (Å²) in [4.78, 5) is 20.2. The number of tetrazole rings is 1. The van der Waals surface area contributed by atoms with Crippen molar-refractivity contribution >= 4 is 17.0 Å². The maximum absolute atomic E-state index is 5.97. The Hall–Kier alpha value is -5.03. The van der Waals surface area contributed by atoms with Crippen LogP contribution in [0, 0.1) is 0 Å². The predicted octanol–water partition coefficient (Wildman–Crippen LogP) is 4.15. The summed E-state index contributed by atoms with van der Waals surface area (Å²) in [7, 11) is 0. The van der Waals surface area contributed by atoms with Gasteiger partial charge in [-0.3, -0.25) is 9.88 Å². The molecule has 0 unspecified atom stereocenters. The maximum Gasteiger partial charge on any atom is 0.206 e. The molecule has 5 heterocycles. The second-order valence-corrected chi connectivity index (χ2v) is 10.0. The molecular formula is C29H27N11. The highest BCUT2D eigenvalue weighted by Gasteiger charge is 2.23. The molecule has 0 saturated carbocycles. The number of imidazole rings is 1. The van der Waals surface area contributed by atoms with Crippen molar-refractivity contribution in [2.24, 2.45) is 0 Å². The van der Waals surface area contributed by atoms with Gasteiger partial charge in [0.05, 0.1) is 12.0 Å². The Morgan fingerprint density at radius 1 is 0.875 bits per heavy atom. The molecule has 11 nitrogen and oxygen atoms in total. The molecule has 1 aliphatic rings. The quantitative estimate of drug-likeness (QED) is 0.325. The molecule has 3 N–H and O–H groups in total. The fraction of sp³-hybridized carbons (Fsp3) is 0.207. The fourth-order valence-corrected chi connectivity index (χ4v) is 5.46. The number of H-pyrrole nitrogens is 1. The first-order valence-corrected chi connectivity index (χ1v) is 13.3. The van der Waals surface area contributed by atoms with Crippen molar-refractivity contribution in [3.8, 4) is 33.8 Å². The van der Waals surface area contributed by atoms with E-state index in [2.05, 4.69) is 87.5 Å². The average molecular weight is 530 g/mol. The molecule has 11 heteroatoms. The number of nitrogens with zero attached hydrogens (tertiary/aromatic N) is 9. The second-order valence-electron chi connectivity index (χ2n) is 10.0. The van der Waals surface area contributed by atoms with Crippen LogP contribution in [0.4, 0.5) is 5.82 Å². The van der Waals surface area contributed by atoms with Gasteiger partial charge in [0.25, 0.3) is 0 Å². The minimum atomic E-state index is 0.357. The van der Waals surface area contributed by atoms with Crippen LogP contribution in [0.3, 0.4) is 0 Å². The number of pyridine rings is 1. The first kappa shape index (κ1) is 24.0. The fourth-order valence-electron chi connectivity index (χ4n) is 5.46. The van der Waals surface area contributed by atoms with E-state index in [1.54, 1.807) is 6.20 Å². The minimum absolute atomic E-state index is 0.357. The van der Waals surface area contributed by atoms with E-state index in [0.29, 0.717) is 23.2 Å². The van der Waals surface area contributed by atoms with E-state index in [4.69, 9.17) is 10.7 Å². The number of nitrogens with two attached hydrogens (primary N) is 1. The smallest absolute Gasteiger partial charge is 0.206 e. The maximum atomic E-state index is 5.97. The molecule has 7 rings (SSSR count). The van der Waals surface area contributed by atoms with Crippen LogP contribution in [0.1, 0.15) is 24.4 Å². The van der Waals surface area contributed by atoms with Gasteiger partial charge in [0.15, 0.2) is 11.5 Å². The standard InChI is InChI=1S/C29H27N11/c30-27-26-29(33-17-32-27)40(18-34-26)23-10-12-39(13-11-23)16-19-6-8-21(9-7-19)25-24(20-4-2-1-3-5-20)14-22(15-31-25)28-35-37-38-36-28/h1-9,14-15,17-18,23H,10-13,16H2,(H2,30,32,33)(H,35,36,37,38). The molecule has 0 amide bonds. The number of aromatic nitrogens is 9. The summed E-state index contributed by atoms with van der Waals surface area (Å²) >= 11 is 0. The number of anilines is 1. The number of aromatic amines is 1. The van der Waals surface area contributed by atoms with E-state index < -0.39 is 0 Å². The highest BCUT2D eigenvalue weighted by atomic mass is 15.5. The normalized spacial score (nSPS) is 14.6. The Morgan fingerprint density at radius 2 is 1.70 bits per heavy atom. The lowest BCUT2D eigenvalue weighted by Gasteiger charge is -2.32. The van der Waals surface area contributed by atoms with Crippen LogP contribution in [0.2, 0.25) is 0 Å². The first-order chi connectivity index (χ1) is 19.7. The van der Waals surface area contributed by atoms with E-state index in [9.17, 15) is 0 Å². The first-order valence-electron chi connectivity index (χ1n) is 13.3. The highest BCUT2D eigenvalue weighted by Crippen LogP contribution is 2.33. The van der Waals surface area contributed by atoms with Crippen LogP contribution in [-0.2, 0) is 6.54 Å². The third kappa shape index (κ3) is 4.56. The van der Waals surface area contributed by atoms with E-state index in [-0.39, 0.29) is 0 Å². The van der Waals surface area contributed by atoms with Crippen molar-refractivity contribution < 1.29 is 0 Å². The summed E-state index contributed by atoms with van der Waals surface area (Å²) in [5.41, 5.74) is 13.7. The molecule has 0 radical (unpaired) electrons. The molecule has 0 atom stereocenters. The lowest BCUT2D eigenvalue weighted by atomic mass is 9.97. The van der Waals surface area contributed by atoms with Gasteiger partial charge in [0, 0.05) is 48.6 Å². The number of hydrogen-bond acceptors (Lipinski definition) is 9. The molecule has 0 aliphatic carbocycles. The monoisotopic (exact) mass is 529 g/mol. The van der Waals surface area contributed by atoms with Gasteiger partial charge in [-0.25, -0.2) is 15.0 Å². The topological polar surface area (TPSA) is 140 Å². The largest absolute Gasteiger partial charge is 0.382 e. The third-order valence-electron chi connectivity index (χ3n) is 7.55. The van der Waals surface area contributed by atoms with Gasteiger partial charge in [-0.2, -0.15) is 5.21 Å². The summed E-state index contributed by atoms with van der Waals surface area (Å²) < 4.78 is 2.15. The van der Waals surface area contributed by atoms with Gasteiger partial charge < -0.3 is 10.3 Å². The van der Waals surface area contributed by atoms with Gasteiger partial charge in [0.1, 0.15) is 11.8 Å². The van der Waals surface area contributed by atoms with E-state index in [1.165, 1.54) is 11.9 Å². The Labute approximate surface area is 230 Å². The molecule has 6 aromatic rings. The van der Waals surface area contributed by atoms with Gasteiger partial charge in [0.2, 0.25) is 5.82 Å². The van der Waals surface area contributed by atoms with Crippen LogP contribution >= 0.6 is 0 Å². The summed E-state index contributed by atoms with van der Waals surface area (Å²) in [5, 5.41) is 14.4. The Kier molecular flexibility index (Phi) is 6.17. The molecule has 4 aromatic heterocycles. The van der Waals surface area contributed by atoms with Crippen molar-refractivity contribution in [3.05, 3.63) is 85.1 Å². The number of fused-ring (bicyclic) bond motifs is 1. The zero-order valence-corrected chi connectivity index (χ0v) is 21.7. The van der Waals surface area contributed by atoms with Crippen molar-refractivity contribution in [1.29, 1.82) is 0 Å². The second kappa shape index (κ2) is 10.3. The molecule has 1 saturated heterocycles. The highest BCUT2D eigenvalue weighted by molar-refractivity contribution is 5.83. The minimum Gasteiger partial charge on any atom is -0.382 e. The van der Waals surface area contributed by atoms with Crippen LogP contribution in [-0.4, -0.2) is 63.1 Å². The summed E-state index contributed by atoms with van der Waals surface area (Å²) in [5.74, 6) is 0.951. The van der Waals surface area contributed by atoms with Crippen LogP contribution < -0.4 is 5.73 Å². The molecule has 0 spiro atoms. The predicted molar refractivity (Wildman–Crippen MR) is 152 cm³/mol. The van der Waals surface area contributed by atoms with Crippen molar-refractivity contribution in [1.82, 2.24) is 50.0 Å². The van der Waals surface area contributed by atoms with Crippen LogP contribution in [0.15, 0.2) is 79.5 Å². The number of rotatable bonds is 6. The Balaban J connectivity index is 1.07. The van der Waals surface area contributed by atoms with E-state index in [1.807, 2.05) is 24.5 Å². The molecular weight excluding hydrogens is 502 g/mol. The van der Waals surface area contributed by atoms with E-state index >= 15 is 0 Å². The SMILES string of the molecule is Nc1ncnc2c1ncn2C1CCN(Cc2ccc(-c3ncc(-c4nn[nH]n4)cc3-c3ccccc3)cc2)CC1. The van der Waals surface area contributed by atoms with Crippen molar-refractivity contribution in [2.75, 3.05) is 18.8 Å². The average Bonchev–Trinajstić information content (AvgIpc) is 3.70. The van der Waals surface area contributed by atoms with Crippen molar-refractivity contribution in [3.63, 3.8) is 0 Å². The molecule has 40 heavy (non-hydrogen) atoms. The van der Waals surface area contributed by atoms with Gasteiger partial charge in [-0.15, -0.1) is 10.2 Å². The number of piperidine rings is 1. The zero-order chi connectivity index (χ0) is 26.9. The van der Waals surface area contributed by atoms with Crippen LogP contribution in [0.25, 0.3) is 44.9 Å². The molecule has 0 bridgehead atoms. The Morgan fingerprint density at radius 3 is 2.48 bits per heavy atom. The molecule has 1 aliphatic heterocycles. The number of nitrogen functional groups attached to an aromatic ring is 1. The van der Waals surface area contributed by atoms with Gasteiger partial charge in [-0.1, -0.05) is 54.6 Å². The summed E-state index contributed by atoms with van der Waals surface area (Å²) in [6, 6.07) is 21.4. The Bertz CT molecular complexity index is 1740. The van der Waals surface area contributed by atoms with E-state index in [0.717, 1.165) is 66.1 Å². The summed E-state index contributed by atoms with van der Waals surface area (Å²) in [6.45, 7) is 2.91. The van der Waals surface area contributed by atoms with Gasteiger partial charge in [-0.05, 0) is 35.2 Å². The molecule has 2 aromatic carbocycles. The number of nitrogens with one attached hydrogen (secondary N) is 1. The lowest BCUT2D eigenvalue weighted by molar-refractivity contribution is 0.181. The molecule has 198 valence electrons. The van der Waals surface area contributed by atoms with Crippen LogP contribution in [0.5, 0.6) is 0 Å². The zero-order valence-electron chi connectivity index (χ0n) is 21.7. The summed E-state index contributed by atoms with van der Waals surface area (Å²) in [6.07, 6.45) is 7.22. The van der Waals surface area contributed by atoms with Crippen molar-refractivity contribution in [2.45, 2.75) is 25.4 Å². The van der Waals surface area contributed by atoms with Gasteiger partial charge >= 0.3 is 0 Å². The number of hydrogen-bond donors (Lipinski definition) is 2. The number of benzene rings is 2.